The molecule has 1 aliphatic carbocycles. The van der Waals surface area contributed by atoms with Crippen LogP contribution in [0.25, 0.3) is 10.8 Å². The molecule has 0 saturated carbocycles. The summed E-state index contributed by atoms with van der Waals surface area (Å²) in [5, 5.41) is 13.5. The standard InChI is InChI=1S/C27H28O2/c1-17-11-12-23-22(13-17)26-24(28)15-18(16-25(26)29-27(23,2)3)14-20-9-6-8-19-7-4-5-10-21(19)20/h4-11,15-16,22-23,28H,12-14H2,1-3H3/t22-,23-/m1/s1. The van der Waals surface area contributed by atoms with Gasteiger partial charge in [-0.15, -0.1) is 0 Å². The summed E-state index contributed by atoms with van der Waals surface area (Å²) in [6, 6.07) is 19.0. The lowest BCUT2D eigenvalue weighted by molar-refractivity contribution is 0.00754. The molecule has 0 aromatic heterocycles. The van der Waals surface area contributed by atoms with Crippen molar-refractivity contribution in [3.8, 4) is 11.5 Å². The van der Waals surface area contributed by atoms with E-state index in [0.717, 1.165) is 36.1 Å². The Morgan fingerprint density at radius 2 is 1.86 bits per heavy atom. The molecule has 0 unspecified atom stereocenters. The third kappa shape index (κ3) is 3.11. The van der Waals surface area contributed by atoms with E-state index in [1.807, 2.05) is 6.07 Å². The lowest BCUT2D eigenvalue weighted by atomic mass is 9.67. The fourth-order valence-electron chi connectivity index (χ4n) is 5.39. The fourth-order valence-corrected chi connectivity index (χ4v) is 5.39. The number of aromatic hydroxyl groups is 1. The molecule has 1 N–H and O–H groups in total. The molecule has 5 rings (SSSR count). The van der Waals surface area contributed by atoms with E-state index in [1.54, 1.807) is 0 Å². The van der Waals surface area contributed by atoms with E-state index < -0.39 is 0 Å². The van der Waals surface area contributed by atoms with Crippen LogP contribution < -0.4 is 4.74 Å². The second kappa shape index (κ2) is 6.66. The highest BCUT2D eigenvalue weighted by atomic mass is 16.5. The van der Waals surface area contributed by atoms with Crippen LogP contribution in [-0.4, -0.2) is 10.7 Å². The molecule has 3 aromatic rings. The third-order valence-electron chi connectivity index (χ3n) is 6.84. The van der Waals surface area contributed by atoms with E-state index in [4.69, 9.17) is 4.74 Å². The Morgan fingerprint density at radius 1 is 1.07 bits per heavy atom. The zero-order valence-corrected chi connectivity index (χ0v) is 17.4. The van der Waals surface area contributed by atoms with Crippen LogP contribution in [0.5, 0.6) is 11.5 Å². The average Bonchev–Trinajstić information content (AvgIpc) is 2.67. The fraction of sp³-hybridized carbons (Fsp3) is 0.333. The molecule has 2 nitrogen and oxygen atoms in total. The molecule has 1 heterocycles. The highest BCUT2D eigenvalue weighted by Gasteiger charge is 2.45. The van der Waals surface area contributed by atoms with Gasteiger partial charge in [-0.05, 0) is 74.1 Å². The van der Waals surface area contributed by atoms with Crippen molar-refractivity contribution >= 4 is 10.8 Å². The van der Waals surface area contributed by atoms with Gasteiger partial charge in [0.15, 0.2) is 0 Å². The monoisotopic (exact) mass is 384 g/mol. The molecule has 0 radical (unpaired) electrons. The smallest absolute Gasteiger partial charge is 0.127 e. The topological polar surface area (TPSA) is 29.5 Å². The molecular weight excluding hydrogens is 356 g/mol. The molecule has 2 atom stereocenters. The number of phenols is 1. The Hall–Kier alpha value is -2.74. The predicted octanol–water partition coefficient (Wildman–Crippen LogP) is 6.75. The summed E-state index contributed by atoms with van der Waals surface area (Å²) in [6.45, 7) is 6.58. The van der Waals surface area contributed by atoms with Gasteiger partial charge in [-0.25, -0.2) is 0 Å². The number of hydrogen-bond acceptors (Lipinski definition) is 2. The first-order valence-electron chi connectivity index (χ1n) is 10.6. The van der Waals surface area contributed by atoms with Gasteiger partial charge in [0.2, 0.25) is 0 Å². The van der Waals surface area contributed by atoms with Gasteiger partial charge in [-0.2, -0.15) is 0 Å². The Kier molecular flexibility index (Phi) is 4.20. The molecule has 0 saturated heterocycles. The van der Waals surface area contributed by atoms with Crippen LogP contribution in [-0.2, 0) is 6.42 Å². The van der Waals surface area contributed by atoms with Crippen molar-refractivity contribution in [2.45, 2.75) is 51.6 Å². The van der Waals surface area contributed by atoms with E-state index in [2.05, 4.69) is 75.4 Å². The maximum absolute atomic E-state index is 11.0. The van der Waals surface area contributed by atoms with Gasteiger partial charge in [0.1, 0.15) is 17.1 Å². The van der Waals surface area contributed by atoms with Gasteiger partial charge in [0.05, 0.1) is 0 Å². The lowest BCUT2D eigenvalue weighted by Crippen LogP contribution is -2.45. The first kappa shape index (κ1) is 18.3. The van der Waals surface area contributed by atoms with Crippen LogP contribution in [0.3, 0.4) is 0 Å². The maximum Gasteiger partial charge on any atom is 0.127 e. The lowest BCUT2D eigenvalue weighted by Gasteiger charge is -2.47. The van der Waals surface area contributed by atoms with E-state index in [1.165, 1.54) is 21.9 Å². The first-order valence-corrected chi connectivity index (χ1v) is 10.6. The van der Waals surface area contributed by atoms with Crippen LogP contribution in [0.2, 0.25) is 0 Å². The highest BCUT2D eigenvalue weighted by molar-refractivity contribution is 5.86. The van der Waals surface area contributed by atoms with Crippen molar-refractivity contribution < 1.29 is 9.84 Å². The summed E-state index contributed by atoms with van der Waals surface area (Å²) in [5.74, 6) is 1.97. The minimum Gasteiger partial charge on any atom is -0.508 e. The van der Waals surface area contributed by atoms with Crippen LogP contribution >= 0.6 is 0 Å². The van der Waals surface area contributed by atoms with Gasteiger partial charge in [-0.3, -0.25) is 0 Å². The van der Waals surface area contributed by atoms with Crippen molar-refractivity contribution in [3.05, 3.63) is 82.9 Å². The predicted molar refractivity (Wildman–Crippen MR) is 119 cm³/mol. The summed E-state index contributed by atoms with van der Waals surface area (Å²) in [4.78, 5) is 0. The first-order chi connectivity index (χ1) is 13.9. The minimum absolute atomic E-state index is 0.237. The normalized spacial score (nSPS) is 22.4. The van der Waals surface area contributed by atoms with Crippen molar-refractivity contribution in [3.63, 3.8) is 0 Å². The summed E-state index contributed by atoms with van der Waals surface area (Å²) in [5.41, 5.74) is 4.54. The van der Waals surface area contributed by atoms with Crippen LogP contribution in [0.4, 0.5) is 0 Å². The zero-order chi connectivity index (χ0) is 20.2. The summed E-state index contributed by atoms with van der Waals surface area (Å²) >= 11 is 0. The molecule has 3 aromatic carbocycles. The molecule has 2 heteroatoms. The molecule has 1 aliphatic heterocycles. The molecule has 0 amide bonds. The van der Waals surface area contributed by atoms with Crippen molar-refractivity contribution in [2.75, 3.05) is 0 Å². The highest BCUT2D eigenvalue weighted by Crippen LogP contribution is 2.54. The molecule has 0 fully saturated rings. The van der Waals surface area contributed by atoms with Crippen molar-refractivity contribution in [1.82, 2.24) is 0 Å². The Balaban J connectivity index is 1.57. The third-order valence-corrected chi connectivity index (χ3v) is 6.84. The number of phenolic OH excluding ortho intramolecular Hbond substituents is 1. The molecular formula is C27H28O2. The Bertz CT molecular complexity index is 1120. The minimum atomic E-state index is -0.237. The average molecular weight is 385 g/mol. The molecule has 29 heavy (non-hydrogen) atoms. The molecule has 0 bridgehead atoms. The van der Waals surface area contributed by atoms with Crippen molar-refractivity contribution in [2.24, 2.45) is 5.92 Å². The van der Waals surface area contributed by atoms with E-state index >= 15 is 0 Å². The van der Waals surface area contributed by atoms with Crippen molar-refractivity contribution in [1.29, 1.82) is 0 Å². The van der Waals surface area contributed by atoms with E-state index in [9.17, 15) is 5.11 Å². The van der Waals surface area contributed by atoms with Crippen LogP contribution in [0.1, 0.15) is 56.2 Å². The number of ether oxygens (including phenoxy) is 1. The molecule has 2 aliphatic rings. The van der Waals surface area contributed by atoms with Gasteiger partial charge >= 0.3 is 0 Å². The number of fused-ring (bicyclic) bond motifs is 4. The number of hydrogen-bond donors (Lipinski definition) is 1. The number of allylic oxidation sites excluding steroid dienone is 2. The van der Waals surface area contributed by atoms with E-state index in [-0.39, 0.29) is 5.60 Å². The summed E-state index contributed by atoms with van der Waals surface area (Å²) in [7, 11) is 0. The zero-order valence-electron chi connectivity index (χ0n) is 17.4. The maximum atomic E-state index is 11.0. The second-order valence-electron chi connectivity index (χ2n) is 9.25. The Labute approximate surface area is 172 Å². The second-order valence-corrected chi connectivity index (χ2v) is 9.25. The number of rotatable bonds is 2. The number of benzene rings is 3. The SMILES string of the molecule is CC1=CC[C@@H]2[C@@H](C1)c1c(O)cc(Cc3cccc4ccccc34)cc1OC2(C)C. The summed E-state index contributed by atoms with van der Waals surface area (Å²) < 4.78 is 6.48. The summed E-state index contributed by atoms with van der Waals surface area (Å²) in [6.07, 6.45) is 5.13. The van der Waals surface area contributed by atoms with Gasteiger partial charge in [-0.1, -0.05) is 54.1 Å². The van der Waals surface area contributed by atoms with Gasteiger partial charge in [0.25, 0.3) is 0 Å². The Morgan fingerprint density at radius 3 is 2.72 bits per heavy atom. The van der Waals surface area contributed by atoms with E-state index in [0.29, 0.717) is 17.6 Å². The largest absolute Gasteiger partial charge is 0.508 e. The van der Waals surface area contributed by atoms with Crippen LogP contribution in [0, 0.1) is 5.92 Å². The quantitative estimate of drug-likeness (QED) is 0.495. The van der Waals surface area contributed by atoms with Gasteiger partial charge < -0.3 is 9.84 Å². The van der Waals surface area contributed by atoms with Gasteiger partial charge in [0, 0.05) is 17.4 Å². The molecule has 148 valence electrons. The van der Waals surface area contributed by atoms with Crippen LogP contribution in [0.15, 0.2) is 66.2 Å². The molecule has 0 spiro atoms.